The molecule has 6 heteroatoms. The van der Waals surface area contributed by atoms with Crippen LogP contribution >= 0.6 is 0 Å². The van der Waals surface area contributed by atoms with Crippen LogP contribution < -0.4 is 23.0 Å². The fourth-order valence-electron chi connectivity index (χ4n) is 3.86. The lowest BCUT2D eigenvalue weighted by Gasteiger charge is -2.44. The van der Waals surface area contributed by atoms with E-state index in [1.54, 1.807) is 0 Å². The molecule has 1 amide bonds. The number of Topliss-reactive ketones (excluding diaryl/α,β-unsaturated/α-hetero) is 1. The molecule has 1 unspecified atom stereocenters. The highest BCUT2D eigenvalue weighted by Gasteiger charge is 2.47. The first kappa shape index (κ1) is 29.6. The van der Waals surface area contributed by atoms with Crippen LogP contribution in [-0.2, 0) is 9.59 Å². The number of unbranched alkanes of at least 4 members (excludes halogenated alkanes) is 8. The Hall–Kier alpha value is -1.43. The first-order valence-corrected chi connectivity index (χ1v) is 11.7. The fourth-order valence-corrected chi connectivity index (χ4v) is 3.86. The standard InChI is InChI=1S/C25H43N3O2.ClH/c1-6-7-8-9-10-11-12-13-17-20-23(29)25(2,26-3)28(4,5)21-24(30)27-22-18-15-14-16-19-22;/h14-16,18-19,26H,6-13,17,20-21H2,1-5H3;1H. The van der Waals surface area contributed by atoms with E-state index in [0.29, 0.717) is 6.42 Å². The molecule has 0 spiro atoms. The third-order valence-corrected chi connectivity index (χ3v) is 6.34. The number of anilines is 1. The Balaban J connectivity index is 0.00000900. The Bertz CT molecular complexity index is 637. The molecule has 0 fully saturated rings. The van der Waals surface area contributed by atoms with Crippen LogP contribution in [0.1, 0.15) is 78.1 Å². The molecular formula is C25H44ClN3O2. The number of carbonyl (C=O) groups excluding carboxylic acids is 2. The largest absolute Gasteiger partial charge is 1.00 e. The summed E-state index contributed by atoms with van der Waals surface area (Å²) in [6.07, 6.45) is 11.7. The first-order valence-electron chi connectivity index (χ1n) is 11.7. The Morgan fingerprint density at radius 3 is 1.94 bits per heavy atom. The molecule has 0 heterocycles. The molecule has 0 saturated carbocycles. The van der Waals surface area contributed by atoms with E-state index in [1.807, 2.05) is 58.4 Å². The molecule has 31 heavy (non-hydrogen) atoms. The third-order valence-electron chi connectivity index (χ3n) is 6.34. The van der Waals surface area contributed by atoms with Crippen molar-refractivity contribution >= 4 is 17.4 Å². The third kappa shape index (κ3) is 10.2. The number of halogens is 1. The van der Waals surface area contributed by atoms with Crippen molar-refractivity contribution < 1.29 is 26.5 Å². The van der Waals surface area contributed by atoms with Crippen LogP contribution in [0.25, 0.3) is 0 Å². The van der Waals surface area contributed by atoms with Gasteiger partial charge in [0.2, 0.25) is 11.4 Å². The molecule has 0 aliphatic carbocycles. The van der Waals surface area contributed by atoms with E-state index in [1.165, 1.54) is 44.9 Å². The zero-order valence-electron chi connectivity index (χ0n) is 20.3. The summed E-state index contributed by atoms with van der Waals surface area (Å²) in [7, 11) is 5.69. The normalized spacial score (nSPS) is 13.2. The van der Waals surface area contributed by atoms with Gasteiger partial charge in [0, 0.05) is 19.0 Å². The smallest absolute Gasteiger partial charge is 0.279 e. The van der Waals surface area contributed by atoms with E-state index < -0.39 is 5.66 Å². The molecule has 1 aromatic carbocycles. The number of rotatable bonds is 16. The minimum Gasteiger partial charge on any atom is -1.00 e. The van der Waals surface area contributed by atoms with Gasteiger partial charge >= 0.3 is 0 Å². The Kier molecular flexibility index (Phi) is 14.7. The van der Waals surface area contributed by atoms with Crippen LogP contribution in [0.4, 0.5) is 5.69 Å². The van der Waals surface area contributed by atoms with Gasteiger partial charge in [-0.15, -0.1) is 0 Å². The molecular weight excluding hydrogens is 410 g/mol. The number of carbonyl (C=O) groups is 2. The maximum Gasteiger partial charge on any atom is 0.279 e. The van der Waals surface area contributed by atoms with Crippen molar-refractivity contribution in [2.24, 2.45) is 0 Å². The van der Waals surface area contributed by atoms with Gasteiger partial charge in [-0.3, -0.25) is 19.4 Å². The number of hydrogen-bond donors (Lipinski definition) is 2. The van der Waals surface area contributed by atoms with E-state index in [0.717, 1.165) is 18.5 Å². The average molecular weight is 454 g/mol. The molecule has 0 radical (unpaired) electrons. The second kappa shape index (κ2) is 15.4. The summed E-state index contributed by atoms with van der Waals surface area (Å²) in [6, 6.07) is 9.43. The Morgan fingerprint density at radius 1 is 0.903 bits per heavy atom. The molecule has 0 aliphatic rings. The van der Waals surface area contributed by atoms with Gasteiger partial charge in [0.05, 0.1) is 14.1 Å². The van der Waals surface area contributed by atoms with E-state index in [9.17, 15) is 9.59 Å². The number of para-hydroxylation sites is 1. The molecule has 5 nitrogen and oxygen atoms in total. The topological polar surface area (TPSA) is 58.2 Å². The van der Waals surface area contributed by atoms with Crippen molar-refractivity contribution in [3.8, 4) is 0 Å². The molecule has 2 N–H and O–H groups in total. The summed E-state index contributed by atoms with van der Waals surface area (Å²) in [4.78, 5) is 25.7. The van der Waals surface area contributed by atoms with Crippen LogP contribution in [0.5, 0.6) is 0 Å². The van der Waals surface area contributed by atoms with Gasteiger partial charge < -0.3 is 17.7 Å². The van der Waals surface area contributed by atoms with Gasteiger partial charge in [0.25, 0.3) is 5.91 Å². The second-order valence-corrected chi connectivity index (χ2v) is 9.08. The molecule has 1 rings (SSSR count). The van der Waals surface area contributed by atoms with E-state index in [-0.39, 0.29) is 35.1 Å². The van der Waals surface area contributed by atoms with Crippen molar-refractivity contribution in [2.75, 3.05) is 33.0 Å². The van der Waals surface area contributed by atoms with Gasteiger partial charge in [-0.2, -0.15) is 0 Å². The maximum atomic E-state index is 13.1. The second-order valence-electron chi connectivity index (χ2n) is 9.08. The van der Waals surface area contributed by atoms with Gasteiger partial charge in [-0.25, -0.2) is 0 Å². The van der Waals surface area contributed by atoms with Crippen molar-refractivity contribution in [1.29, 1.82) is 0 Å². The van der Waals surface area contributed by atoms with Crippen molar-refractivity contribution in [2.45, 2.75) is 83.7 Å². The maximum absolute atomic E-state index is 13.1. The summed E-state index contributed by atoms with van der Waals surface area (Å²) in [5, 5.41) is 6.14. The predicted octanol–water partition coefficient (Wildman–Crippen LogP) is 2.13. The van der Waals surface area contributed by atoms with Crippen LogP contribution in [0.3, 0.4) is 0 Å². The zero-order chi connectivity index (χ0) is 22.5. The number of quaternary nitrogens is 1. The number of amides is 1. The number of ketones is 1. The number of nitrogens with zero attached hydrogens (tertiary/aromatic N) is 1. The van der Waals surface area contributed by atoms with E-state index in [2.05, 4.69) is 17.6 Å². The molecule has 1 atom stereocenters. The molecule has 0 bridgehead atoms. The Labute approximate surface area is 196 Å². The highest BCUT2D eigenvalue weighted by atomic mass is 35.5. The molecule has 0 saturated heterocycles. The van der Waals surface area contributed by atoms with Gasteiger partial charge in [-0.1, -0.05) is 76.5 Å². The molecule has 0 aliphatic heterocycles. The van der Waals surface area contributed by atoms with Crippen LogP contribution in [0.2, 0.25) is 0 Å². The quantitative estimate of drug-likeness (QED) is 0.229. The van der Waals surface area contributed by atoms with Gasteiger partial charge in [-0.05, 0) is 25.6 Å². The first-order chi connectivity index (χ1) is 14.3. The number of likely N-dealkylation sites (N-methyl/N-ethyl adjacent to an activating group) is 2. The van der Waals surface area contributed by atoms with Crippen LogP contribution in [0, 0.1) is 0 Å². The number of hydrogen-bond acceptors (Lipinski definition) is 3. The van der Waals surface area contributed by atoms with E-state index >= 15 is 0 Å². The lowest BCUT2D eigenvalue weighted by atomic mass is 9.96. The Morgan fingerprint density at radius 2 is 1.42 bits per heavy atom. The van der Waals surface area contributed by atoms with Crippen molar-refractivity contribution in [3.63, 3.8) is 0 Å². The molecule has 1 aromatic rings. The minimum atomic E-state index is -0.797. The monoisotopic (exact) mass is 453 g/mol. The molecule has 178 valence electrons. The summed E-state index contributed by atoms with van der Waals surface area (Å²) in [5.74, 6) is 0.0778. The van der Waals surface area contributed by atoms with Crippen LogP contribution in [-0.4, -0.2) is 49.5 Å². The lowest BCUT2D eigenvalue weighted by Crippen LogP contribution is -3.00. The fraction of sp³-hybridized carbons (Fsp3) is 0.680. The summed E-state index contributed by atoms with van der Waals surface area (Å²) >= 11 is 0. The molecule has 0 aromatic heterocycles. The zero-order valence-corrected chi connectivity index (χ0v) is 21.1. The lowest BCUT2D eigenvalue weighted by molar-refractivity contribution is -0.925. The number of benzene rings is 1. The average Bonchev–Trinajstić information content (AvgIpc) is 2.71. The predicted molar refractivity (Wildman–Crippen MR) is 126 cm³/mol. The van der Waals surface area contributed by atoms with E-state index in [4.69, 9.17) is 0 Å². The van der Waals surface area contributed by atoms with Gasteiger partial charge in [0.15, 0.2) is 6.54 Å². The SMILES string of the molecule is CCCCCCCCCCCC(=O)C(C)(NC)[N+](C)(C)CC(=O)Nc1ccccc1.[Cl-]. The number of nitrogens with one attached hydrogen (secondary N) is 2. The highest BCUT2D eigenvalue weighted by Crippen LogP contribution is 2.22. The summed E-state index contributed by atoms with van der Waals surface area (Å²) in [5.41, 5.74) is -0.0246. The summed E-state index contributed by atoms with van der Waals surface area (Å²) in [6.45, 7) is 4.38. The van der Waals surface area contributed by atoms with Crippen LogP contribution in [0.15, 0.2) is 30.3 Å². The van der Waals surface area contributed by atoms with Crippen molar-refractivity contribution in [1.82, 2.24) is 5.32 Å². The minimum absolute atomic E-state index is 0. The highest BCUT2D eigenvalue weighted by molar-refractivity contribution is 5.92. The summed E-state index contributed by atoms with van der Waals surface area (Å²) < 4.78 is 0.262. The van der Waals surface area contributed by atoms with Gasteiger partial charge in [0.1, 0.15) is 0 Å². The van der Waals surface area contributed by atoms with Crippen molar-refractivity contribution in [3.05, 3.63) is 30.3 Å².